The molecule has 1 atom stereocenters. The summed E-state index contributed by atoms with van der Waals surface area (Å²) in [5, 5.41) is 9.47. The molecule has 0 unspecified atom stereocenters. The Morgan fingerprint density at radius 1 is 1.24 bits per heavy atom. The summed E-state index contributed by atoms with van der Waals surface area (Å²) in [5.41, 5.74) is 2.35. The normalized spacial score (nSPS) is 16.4. The molecule has 134 valence electrons. The number of benzene rings is 1. The fraction of sp³-hybridized carbons (Fsp3) is 0.421. The number of morpholine rings is 1. The molecule has 1 fully saturated rings. The van der Waals surface area contributed by atoms with Crippen LogP contribution in [0, 0.1) is 0 Å². The Balaban J connectivity index is 1.57. The van der Waals surface area contributed by atoms with Crippen LogP contribution in [0.4, 0.5) is 5.69 Å². The van der Waals surface area contributed by atoms with E-state index in [1.165, 1.54) is 10.4 Å². The van der Waals surface area contributed by atoms with Crippen LogP contribution in [0.15, 0.2) is 41.8 Å². The number of hydrogen-bond donors (Lipinski definition) is 2. The summed E-state index contributed by atoms with van der Waals surface area (Å²) in [6.07, 6.45) is 1.05. The molecule has 1 saturated heterocycles. The second kappa shape index (κ2) is 9.29. The lowest BCUT2D eigenvalue weighted by atomic mass is 10.1. The molecular weight excluding hydrogens is 350 g/mol. The monoisotopic (exact) mass is 375 g/mol. The average molecular weight is 376 g/mol. The molecule has 1 aromatic heterocycles. The number of anilines is 1. The number of thiocarbonyl (C=S) groups is 1. The minimum absolute atomic E-state index is 0.325. The van der Waals surface area contributed by atoms with Crippen molar-refractivity contribution >= 4 is 34.4 Å². The van der Waals surface area contributed by atoms with Crippen LogP contribution in [-0.2, 0) is 11.2 Å². The van der Waals surface area contributed by atoms with E-state index in [4.69, 9.17) is 17.0 Å². The standard InChI is InChI=1S/C19H25N3OS2/c1-2-15-5-7-16(8-6-15)21-19(24)20-14-17(18-4-3-13-25-18)22-9-11-23-12-10-22/h3-8,13,17H,2,9-12,14H2,1H3,(H2,20,21,24)/t17-/m0/s1. The van der Waals surface area contributed by atoms with Gasteiger partial charge in [-0.1, -0.05) is 25.1 Å². The molecule has 0 amide bonds. The van der Waals surface area contributed by atoms with Gasteiger partial charge >= 0.3 is 0 Å². The van der Waals surface area contributed by atoms with Gasteiger partial charge in [0.25, 0.3) is 0 Å². The molecule has 4 nitrogen and oxygen atoms in total. The highest BCUT2D eigenvalue weighted by Gasteiger charge is 2.23. The van der Waals surface area contributed by atoms with Crippen LogP contribution in [0.5, 0.6) is 0 Å². The first-order chi connectivity index (χ1) is 12.3. The zero-order chi connectivity index (χ0) is 17.5. The topological polar surface area (TPSA) is 36.5 Å². The predicted octanol–water partition coefficient (Wildman–Crippen LogP) is 3.67. The van der Waals surface area contributed by atoms with Crippen molar-refractivity contribution in [3.05, 3.63) is 52.2 Å². The lowest BCUT2D eigenvalue weighted by Crippen LogP contribution is -2.44. The molecule has 0 aliphatic carbocycles. The van der Waals surface area contributed by atoms with Crippen LogP contribution in [0.3, 0.4) is 0 Å². The van der Waals surface area contributed by atoms with Crippen molar-refractivity contribution in [1.82, 2.24) is 10.2 Å². The van der Waals surface area contributed by atoms with E-state index in [-0.39, 0.29) is 0 Å². The van der Waals surface area contributed by atoms with Crippen LogP contribution < -0.4 is 10.6 Å². The first kappa shape index (κ1) is 18.3. The lowest BCUT2D eigenvalue weighted by Gasteiger charge is -2.34. The molecule has 3 rings (SSSR count). The third kappa shape index (κ3) is 5.25. The molecule has 1 aliphatic heterocycles. The van der Waals surface area contributed by atoms with Gasteiger partial charge in [-0.25, -0.2) is 0 Å². The van der Waals surface area contributed by atoms with Crippen molar-refractivity contribution in [2.45, 2.75) is 19.4 Å². The van der Waals surface area contributed by atoms with Crippen molar-refractivity contribution in [3.63, 3.8) is 0 Å². The highest BCUT2D eigenvalue weighted by molar-refractivity contribution is 7.80. The largest absolute Gasteiger partial charge is 0.379 e. The molecular formula is C19H25N3OS2. The van der Waals surface area contributed by atoms with Crippen molar-refractivity contribution in [2.24, 2.45) is 0 Å². The molecule has 0 bridgehead atoms. The maximum absolute atomic E-state index is 5.49. The maximum Gasteiger partial charge on any atom is 0.170 e. The van der Waals surface area contributed by atoms with Gasteiger partial charge in [0.05, 0.1) is 19.3 Å². The Morgan fingerprint density at radius 3 is 2.64 bits per heavy atom. The molecule has 0 saturated carbocycles. The molecule has 1 aromatic carbocycles. The van der Waals surface area contributed by atoms with Crippen LogP contribution in [0.1, 0.15) is 23.4 Å². The van der Waals surface area contributed by atoms with Crippen LogP contribution in [-0.4, -0.2) is 42.9 Å². The number of nitrogens with zero attached hydrogens (tertiary/aromatic N) is 1. The number of hydrogen-bond acceptors (Lipinski definition) is 4. The minimum atomic E-state index is 0.325. The Kier molecular flexibility index (Phi) is 6.81. The third-order valence-electron chi connectivity index (χ3n) is 4.43. The van der Waals surface area contributed by atoms with Crippen LogP contribution in [0.25, 0.3) is 0 Å². The zero-order valence-electron chi connectivity index (χ0n) is 14.5. The summed E-state index contributed by atoms with van der Waals surface area (Å²) in [7, 11) is 0. The van der Waals surface area contributed by atoms with E-state index in [2.05, 4.69) is 64.2 Å². The Morgan fingerprint density at radius 2 is 2.00 bits per heavy atom. The molecule has 6 heteroatoms. The van der Waals surface area contributed by atoms with Crippen molar-refractivity contribution in [2.75, 3.05) is 38.2 Å². The molecule has 1 aliphatic rings. The summed E-state index contributed by atoms with van der Waals surface area (Å²) in [5.74, 6) is 0. The van der Waals surface area contributed by atoms with Crippen molar-refractivity contribution in [3.8, 4) is 0 Å². The number of nitrogens with one attached hydrogen (secondary N) is 2. The number of rotatable bonds is 6. The van der Waals surface area contributed by atoms with Gasteiger partial charge in [0.1, 0.15) is 0 Å². The lowest BCUT2D eigenvalue weighted by molar-refractivity contribution is 0.0177. The van der Waals surface area contributed by atoms with Crippen molar-refractivity contribution in [1.29, 1.82) is 0 Å². The molecule has 0 spiro atoms. The number of thiophene rings is 1. The van der Waals surface area contributed by atoms with Gasteiger partial charge < -0.3 is 15.4 Å². The van der Waals surface area contributed by atoms with E-state index in [0.29, 0.717) is 11.2 Å². The molecule has 25 heavy (non-hydrogen) atoms. The summed E-state index contributed by atoms with van der Waals surface area (Å²) in [4.78, 5) is 3.84. The van der Waals surface area contributed by atoms with Crippen LogP contribution >= 0.6 is 23.6 Å². The van der Waals surface area contributed by atoms with E-state index in [1.54, 1.807) is 11.3 Å². The van der Waals surface area contributed by atoms with Gasteiger partial charge in [-0.2, -0.15) is 0 Å². The second-order valence-electron chi connectivity index (χ2n) is 6.07. The first-order valence-corrected chi connectivity index (χ1v) is 10.0. The highest BCUT2D eigenvalue weighted by Crippen LogP contribution is 2.25. The average Bonchev–Trinajstić information content (AvgIpc) is 3.18. The Bertz CT molecular complexity index is 652. The molecule has 2 aromatic rings. The van der Waals surface area contributed by atoms with E-state index >= 15 is 0 Å². The smallest absolute Gasteiger partial charge is 0.170 e. The zero-order valence-corrected chi connectivity index (χ0v) is 16.2. The van der Waals surface area contributed by atoms with Crippen molar-refractivity contribution < 1.29 is 4.74 Å². The number of ether oxygens (including phenoxy) is 1. The van der Waals surface area contributed by atoms with Crippen LogP contribution in [0.2, 0.25) is 0 Å². The minimum Gasteiger partial charge on any atom is -0.379 e. The van der Waals surface area contributed by atoms with Gasteiger partial charge in [0.2, 0.25) is 0 Å². The highest BCUT2D eigenvalue weighted by atomic mass is 32.1. The van der Waals surface area contributed by atoms with Gasteiger partial charge in [-0.05, 0) is 47.8 Å². The van der Waals surface area contributed by atoms with E-state index in [0.717, 1.165) is 45.0 Å². The van der Waals surface area contributed by atoms with Gasteiger partial charge in [0.15, 0.2) is 5.11 Å². The summed E-state index contributed by atoms with van der Waals surface area (Å²) < 4.78 is 5.49. The fourth-order valence-electron chi connectivity index (χ4n) is 2.97. The Hall–Kier alpha value is -1.47. The molecule has 2 heterocycles. The molecule has 2 N–H and O–H groups in total. The van der Waals surface area contributed by atoms with Gasteiger partial charge in [0, 0.05) is 30.2 Å². The van der Waals surface area contributed by atoms with Gasteiger partial charge in [-0.15, -0.1) is 11.3 Å². The number of aryl methyl sites for hydroxylation is 1. The third-order valence-corrected chi connectivity index (χ3v) is 5.65. The summed E-state index contributed by atoms with van der Waals surface area (Å²) in [6.45, 7) is 6.47. The fourth-order valence-corrected chi connectivity index (χ4v) is 4.03. The first-order valence-electron chi connectivity index (χ1n) is 8.75. The summed E-state index contributed by atoms with van der Waals surface area (Å²) in [6, 6.07) is 13.1. The maximum atomic E-state index is 5.49. The second-order valence-corrected chi connectivity index (χ2v) is 7.45. The van der Waals surface area contributed by atoms with E-state index < -0.39 is 0 Å². The molecule has 0 radical (unpaired) electrons. The predicted molar refractivity (Wildman–Crippen MR) is 109 cm³/mol. The van der Waals surface area contributed by atoms with Gasteiger partial charge in [-0.3, -0.25) is 4.90 Å². The van der Waals surface area contributed by atoms with E-state index in [9.17, 15) is 0 Å². The van der Waals surface area contributed by atoms with E-state index in [1.807, 2.05) is 0 Å². The Labute approximate surface area is 159 Å². The quantitative estimate of drug-likeness (QED) is 0.754. The SMILES string of the molecule is CCc1ccc(NC(=S)NC[C@@H](c2cccs2)N2CCOCC2)cc1. The summed E-state index contributed by atoms with van der Waals surface area (Å²) >= 11 is 7.28.